The maximum atomic E-state index is 15.9. The number of benzene rings is 1. The zero-order valence-electron chi connectivity index (χ0n) is 22.4. The topological polar surface area (TPSA) is 65.6 Å². The van der Waals surface area contributed by atoms with Crippen molar-refractivity contribution < 1.29 is 13.9 Å². The van der Waals surface area contributed by atoms with Crippen LogP contribution in [0.1, 0.15) is 76.5 Å². The number of nitrogens with zero attached hydrogens (tertiary/aromatic N) is 2. The van der Waals surface area contributed by atoms with Crippen LogP contribution in [0.2, 0.25) is 0 Å². The molecule has 0 unspecified atom stereocenters. The molecule has 1 N–H and O–H groups in total. The smallest absolute Gasteiger partial charge is 0.254 e. The number of aryl methyl sites for hydroxylation is 2. The maximum Gasteiger partial charge on any atom is 0.254 e. The standard InChI is InChI=1S/C29H38FN3O3/c1-16-13-17(2)31-27(34)23(16)15-33-12-11-21-24(28(33)35)18(3)26-22(25(21)30)14-29(4,36-26)19-7-9-20(10-8-19)32(5)6/h13,19-20H,7-12,14-15H2,1-6H3,(H,31,34)/t19?,20?,29-/m1/s1. The number of amides is 1. The average Bonchev–Trinajstić information content (AvgIpc) is 3.20. The van der Waals surface area contributed by atoms with Crippen molar-refractivity contribution in [1.82, 2.24) is 14.8 Å². The number of carbonyl (C=O) groups is 1. The molecule has 1 aliphatic carbocycles. The van der Waals surface area contributed by atoms with E-state index >= 15 is 4.39 Å². The van der Waals surface area contributed by atoms with Gasteiger partial charge < -0.3 is 19.5 Å². The van der Waals surface area contributed by atoms with E-state index in [4.69, 9.17) is 4.74 Å². The quantitative estimate of drug-likeness (QED) is 0.681. The van der Waals surface area contributed by atoms with E-state index in [1.54, 1.807) is 4.90 Å². The van der Waals surface area contributed by atoms with E-state index in [1.807, 2.05) is 26.8 Å². The third-order valence-corrected chi connectivity index (χ3v) is 8.95. The second kappa shape index (κ2) is 9.02. The summed E-state index contributed by atoms with van der Waals surface area (Å²) in [5.74, 6) is 0.426. The summed E-state index contributed by atoms with van der Waals surface area (Å²) in [6.07, 6.45) is 5.35. The summed E-state index contributed by atoms with van der Waals surface area (Å²) in [4.78, 5) is 33.0. The van der Waals surface area contributed by atoms with E-state index in [1.165, 1.54) is 0 Å². The summed E-state index contributed by atoms with van der Waals surface area (Å²) < 4.78 is 22.5. The van der Waals surface area contributed by atoms with E-state index in [0.29, 0.717) is 59.3 Å². The van der Waals surface area contributed by atoms with Crippen LogP contribution in [-0.4, -0.2) is 53.0 Å². The predicted octanol–water partition coefficient (Wildman–Crippen LogP) is 4.45. The Labute approximate surface area is 212 Å². The zero-order valence-corrected chi connectivity index (χ0v) is 22.4. The van der Waals surface area contributed by atoms with Crippen LogP contribution in [0.15, 0.2) is 10.9 Å². The molecular formula is C29H38FN3O3. The van der Waals surface area contributed by atoms with Crippen molar-refractivity contribution in [2.75, 3.05) is 20.6 Å². The van der Waals surface area contributed by atoms with E-state index in [0.717, 1.165) is 42.5 Å². The Morgan fingerprint density at radius 1 is 1.14 bits per heavy atom. The van der Waals surface area contributed by atoms with Gasteiger partial charge in [-0.3, -0.25) is 9.59 Å². The number of aromatic nitrogens is 1. The number of pyridine rings is 1. The minimum atomic E-state index is -0.454. The first-order valence-electron chi connectivity index (χ1n) is 13.2. The van der Waals surface area contributed by atoms with Crippen LogP contribution >= 0.6 is 0 Å². The molecule has 1 atom stereocenters. The van der Waals surface area contributed by atoms with Crippen LogP contribution in [0.5, 0.6) is 5.75 Å². The Bertz CT molecular complexity index is 1280. The number of halogens is 1. The maximum absolute atomic E-state index is 15.9. The van der Waals surface area contributed by atoms with Gasteiger partial charge in [-0.1, -0.05) is 0 Å². The van der Waals surface area contributed by atoms with E-state index in [2.05, 4.69) is 30.9 Å². The number of nitrogens with one attached hydrogen (secondary N) is 1. The minimum Gasteiger partial charge on any atom is -0.486 e. The third-order valence-electron chi connectivity index (χ3n) is 8.95. The van der Waals surface area contributed by atoms with Crippen molar-refractivity contribution in [3.63, 3.8) is 0 Å². The summed E-state index contributed by atoms with van der Waals surface area (Å²) in [5, 5.41) is 0. The van der Waals surface area contributed by atoms with Crippen molar-refractivity contribution in [2.45, 2.75) is 84.4 Å². The van der Waals surface area contributed by atoms with Crippen LogP contribution in [0.25, 0.3) is 0 Å². The normalized spacial score (nSPS) is 25.7. The fraction of sp³-hybridized carbons (Fsp3) is 0.586. The van der Waals surface area contributed by atoms with Gasteiger partial charge >= 0.3 is 0 Å². The summed E-state index contributed by atoms with van der Waals surface area (Å²) in [6.45, 7) is 8.34. The minimum absolute atomic E-state index is 0.175. The first-order valence-corrected chi connectivity index (χ1v) is 13.2. The predicted molar refractivity (Wildman–Crippen MR) is 138 cm³/mol. The van der Waals surface area contributed by atoms with Crippen LogP contribution in [0.3, 0.4) is 0 Å². The van der Waals surface area contributed by atoms with Gasteiger partial charge in [0.2, 0.25) is 0 Å². The first kappa shape index (κ1) is 25.0. The van der Waals surface area contributed by atoms with Crippen LogP contribution < -0.4 is 10.3 Å². The van der Waals surface area contributed by atoms with Gasteiger partial charge in [-0.2, -0.15) is 0 Å². The van der Waals surface area contributed by atoms with E-state index in [9.17, 15) is 9.59 Å². The molecule has 1 fully saturated rings. The number of aromatic amines is 1. The highest BCUT2D eigenvalue weighted by molar-refractivity contribution is 5.99. The van der Waals surface area contributed by atoms with Crippen molar-refractivity contribution >= 4 is 5.91 Å². The van der Waals surface area contributed by atoms with E-state index < -0.39 is 5.60 Å². The lowest BCUT2D eigenvalue weighted by Crippen LogP contribution is -2.44. The molecule has 1 amide bonds. The summed E-state index contributed by atoms with van der Waals surface area (Å²) >= 11 is 0. The number of ether oxygens (including phenoxy) is 1. The van der Waals surface area contributed by atoms with Crippen LogP contribution in [-0.2, 0) is 19.4 Å². The number of fused-ring (bicyclic) bond motifs is 2. The molecule has 2 aliphatic heterocycles. The van der Waals surface area contributed by atoms with E-state index in [-0.39, 0.29) is 23.8 Å². The second-order valence-corrected chi connectivity index (χ2v) is 11.6. The Balaban J connectivity index is 1.43. The van der Waals surface area contributed by atoms with Crippen molar-refractivity contribution in [3.8, 4) is 5.75 Å². The number of hydrogen-bond acceptors (Lipinski definition) is 4. The molecule has 194 valence electrons. The highest BCUT2D eigenvalue weighted by atomic mass is 19.1. The monoisotopic (exact) mass is 495 g/mol. The first-order chi connectivity index (χ1) is 17.0. The Morgan fingerprint density at radius 2 is 1.83 bits per heavy atom. The number of carbonyl (C=O) groups excluding carboxylic acids is 1. The largest absolute Gasteiger partial charge is 0.486 e. The molecule has 7 heteroatoms. The Hall–Kier alpha value is -2.67. The molecule has 0 saturated heterocycles. The molecule has 0 bridgehead atoms. The lowest BCUT2D eigenvalue weighted by atomic mass is 9.74. The fourth-order valence-corrected chi connectivity index (χ4v) is 6.75. The number of hydrogen-bond donors (Lipinski definition) is 1. The molecule has 1 aromatic heterocycles. The summed E-state index contributed by atoms with van der Waals surface area (Å²) in [5.41, 5.74) is 3.89. The zero-order chi connectivity index (χ0) is 25.9. The van der Waals surface area contributed by atoms with Gasteiger partial charge in [-0.05, 0) is 91.4 Å². The summed E-state index contributed by atoms with van der Waals surface area (Å²) in [7, 11) is 4.27. The molecule has 36 heavy (non-hydrogen) atoms. The second-order valence-electron chi connectivity index (χ2n) is 11.6. The van der Waals surface area contributed by atoms with Crippen LogP contribution in [0.4, 0.5) is 4.39 Å². The average molecular weight is 496 g/mol. The highest BCUT2D eigenvalue weighted by Gasteiger charge is 2.47. The Kier molecular flexibility index (Phi) is 6.26. The van der Waals surface area contributed by atoms with Gasteiger partial charge in [0.05, 0.1) is 12.1 Å². The molecule has 2 aromatic rings. The number of H-pyrrole nitrogens is 1. The number of rotatable bonds is 4. The molecule has 0 spiro atoms. The van der Waals surface area contributed by atoms with Gasteiger partial charge in [-0.15, -0.1) is 0 Å². The lowest BCUT2D eigenvalue weighted by Gasteiger charge is -2.40. The van der Waals surface area contributed by atoms with Crippen molar-refractivity contribution in [1.29, 1.82) is 0 Å². The molecule has 3 aliphatic rings. The molecular weight excluding hydrogens is 457 g/mol. The molecule has 0 radical (unpaired) electrons. The third kappa shape index (κ3) is 4.05. The SMILES string of the molecule is Cc1cc(C)c(CN2CCc3c(F)c4c(c(C)c3C2=O)O[C@@](C)(C2CCC(N(C)C)CC2)C4)c(=O)[nH]1. The van der Waals surface area contributed by atoms with Gasteiger partial charge in [0.1, 0.15) is 17.2 Å². The molecule has 5 rings (SSSR count). The van der Waals surface area contributed by atoms with Gasteiger partial charge in [0.25, 0.3) is 11.5 Å². The Morgan fingerprint density at radius 3 is 2.47 bits per heavy atom. The lowest BCUT2D eigenvalue weighted by molar-refractivity contribution is 0.0157. The fourth-order valence-electron chi connectivity index (χ4n) is 6.75. The molecule has 3 heterocycles. The molecule has 6 nitrogen and oxygen atoms in total. The van der Waals surface area contributed by atoms with Crippen molar-refractivity contribution in [2.24, 2.45) is 5.92 Å². The molecule has 1 aromatic carbocycles. The van der Waals surface area contributed by atoms with Gasteiger partial charge in [-0.25, -0.2) is 4.39 Å². The van der Waals surface area contributed by atoms with Crippen molar-refractivity contribution in [3.05, 3.63) is 61.3 Å². The highest BCUT2D eigenvalue weighted by Crippen LogP contribution is 2.49. The molecule has 1 saturated carbocycles. The van der Waals surface area contributed by atoms with Crippen LogP contribution in [0, 0.1) is 32.5 Å². The summed E-state index contributed by atoms with van der Waals surface area (Å²) in [6, 6.07) is 2.50. The van der Waals surface area contributed by atoms with Gasteiger partial charge in [0, 0.05) is 47.0 Å². The van der Waals surface area contributed by atoms with Gasteiger partial charge in [0.15, 0.2) is 0 Å².